The number of hydrogen-bond donors (Lipinski definition) is 2. The average molecular weight is 666 g/mol. The minimum Gasteiger partial charge on any atom is -0.496 e. The maximum absolute atomic E-state index is 14.7. The Labute approximate surface area is 281 Å². The van der Waals surface area contributed by atoms with Crippen LogP contribution in [0.2, 0.25) is 0 Å². The number of alkyl halides is 3. The molecule has 0 spiro atoms. The molecule has 10 heteroatoms. The third kappa shape index (κ3) is 5.26. The number of nitrogens with zero attached hydrogens (tertiary/aromatic N) is 1. The molecule has 1 heterocycles. The van der Waals surface area contributed by atoms with Crippen LogP contribution in [0.1, 0.15) is 56.9 Å². The van der Waals surface area contributed by atoms with Gasteiger partial charge in [-0.05, 0) is 65.9 Å². The van der Waals surface area contributed by atoms with Gasteiger partial charge in [0.1, 0.15) is 5.75 Å². The zero-order chi connectivity index (χ0) is 34.4. The van der Waals surface area contributed by atoms with E-state index in [-0.39, 0.29) is 24.9 Å². The SMILES string of the molecule is COc1ccccc1/C=C/C(=O)N1C[C@H]2[C@]3(c4ccc(C(F)(F)F)cc4)CC[C@@H](c4ccccc43)[C@@]2(C(=O)NNC(=O)c2ccccc2)C1. The number of ether oxygens (including phenoxy) is 1. The van der Waals surface area contributed by atoms with E-state index in [1.54, 1.807) is 54.5 Å². The van der Waals surface area contributed by atoms with Gasteiger partial charge in [-0.25, -0.2) is 0 Å². The first-order chi connectivity index (χ1) is 23.6. The van der Waals surface area contributed by atoms with E-state index in [0.29, 0.717) is 35.3 Å². The predicted molar refractivity (Wildman–Crippen MR) is 177 cm³/mol. The zero-order valence-corrected chi connectivity index (χ0v) is 26.7. The van der Waals surface area contributed by atoms with E-state index in [2.05, 4.69) is 10.9 Å². The van der Waals surface area contributed by atoms with Crippen molar-refractivity contribution in [1.29, 1.82) is 0 Å². The Morgan fingerprint density at radius 1 is 0.878 bits per heavy atom. The molecule has 1 saturated carbocycles. The van der Waals surface area contributed by atoms with Gasteiger partial charge in [-0.3, -0.25) is 25.2 Å². The number of benzene rings is 4. The van der Waals surface area contributed by atoms with E-state index < -0.39 is 40.3 Å². The molecule has 250 valence electrons. The van der Waals surface area contributed by atoms with Gasteiger partial charge in [0.05, 0.1) is 18.1 Å². The van der Waals surface area contributed by atoms with Gasteiger partial charge in [-0.2, -0.15) is 13.2 Å². The van der Waals surface area contributed by atoms with Crippen molar-refractivity contribution < 1.29 is 32.3 Å². The zero-order valence-electron chi connectivity index (χ0n) is 26.7. The molecule has 7 nitrogen and oxygen atoms in total. The van der Waals surface area contributed by atoms with Gasteiger partial charge in [-0.1, -0.05) is 72.8 Å². The topological polar surface area (TPSA) is 87.7 Å². The first-order valence-electron chi connectivity index (χ1n) is 16.1. The Morgan fingerprint density at radius 2 is 1.57 bits per heavy atom. The van der Waals surface area contributed by atoms with Crippen molar-refractivity contribution in [3.05, 3.63) is 143 Å². The van der Waals surface area contributed by atoms with Crippen molar-refractivity contribution in [2.24, 2.45) is 11.3 Å². The summed E-state index contributed by atoms with van der Waals surface area (Å²) < 4.78 is 46.5. The van der Waals surface area contributed by atoms with Gasteiger partial charge in [0.25, 0.3) is 5.91 Å². The molecule has 3 aliphatic carbocycles. The molecule has 3 amide bonds. The van der Waals surface area contributed by atoms with Crippen molar-refractivity contribution in [3.8, 4) is 5.75 Å². The molecule has 0 radical (unpaired) electrons. The Kier molecular flexibility index (Phi) is 8.05. The molecular weight excluding hydrogens is 631 g/mol. The number of methoxy groups -OCH3 is 1. The summed E-state index contributed by atoms with van der Waals surface area (Å²) in [6.07, 6.45) is -0.241. The number of hydrazine groups is 1. The Morgan fingerprint density at radius 3 is 2.31 bits per heavy atom. The average Bonchev–Trinajstić information content (AvgIpc) is 3.57. The summed E-state index contributed by atoms with van der Waals surface area (Å²) in [4.78, 5) is 43.3. The summed E-state index contributed by atoms with van der Waals surface area (Å²) in [7, 11) is 1.55. The van der Waals surface area contributed by atoms with Gasteiger partial charge in [0.2, 0.25) is 11.8 Å². The number of hydrogen-bond acceptors (Lipinski definition) is 4. The van der Waals surface area contributed by atoms with Gasteiger partial charge >= 0.3 is 6.18 Å². The third-order valence-electron chi connectivity index (χ3n) is 10.7. The third-order valence-corrected chi connectivity index (χ3v) is 10.7. The van der Waals surface area contributed by atoms with Gasteiger partial charge in [0.15, 0.2) is 0 Å². The fraction of sp³-hybridized carbons (Fsp3) is 0.256. The summed E-state index contributed by atoms with van der Waals surface area (Å²) in [5.41, 5.74) is 6.03. The van der Waals surface area contributed by atoms with Crippen molar-refractivity contribution >= 4 is 23.8 Å². The highest BCUT2D eigenvalue weighted by Gasteiger charge is 2.70. The molecule has 4 aliphatic rings. The van der Waals surface area contributed by atoms with Crippen molar-refractivity contribution in [1.82, 2.24) is 15.8 Å². The Bertz CT molecular complexity index is 1950. The van der Waals surface area contributed by atoms with E-state index in [4.69, 9.17) is 4.74 Å². The van der Waals surface area contributed by atoms with Gasteiger partial charge < -0.3 is 9.64 Å². The first-order valence-corrected chi connectivity index (χ1v) is 16.1. The molecule has 2 bridgehead atoms. The number of carbonyl (C=O) groups excluding carboxylic acids is 3. The molecule has 1 aliphatic heterocycles. The summed E-state index contributed by atoms with van der Waals surface area (Å²) in [5.74, 6) is -1.47. The number of likely N-dealkylation sites (tertiary alicyclic amines) is 1. The minimum atomic E-state index is -4.51. The molecule has 2 fully saturated rings. The standard InChI is InChI=1S/C39H34F3N3O4/c1-49-32-14-8-5-9-25(32)15-20-34(46)45-23-33-37(27-16-18-28(19-17-27)39(40,41)42)22-21-31(29-12-6-7-13-30(29)37)38(33,24-45)36(48)44-43-35(47)26-10-3-2-4-11-26/h2-20,31,33H,21-24H2,1H3,(H,43,47)(H,44,48)/b20-15+/t31-,33-,37-,38-/m0/s1. The van der Waals surface area contributed by atoms with Crippen molar-refractivity contribution in [2.75, 3.05) is 20.2 Å². The second-order valence-corrected chi connectivity index (χ2v) is 12.9. The van der Waals surface area contributed by atoms with Crippen LogP contribution in [0.5, 0.6) is 5.75 Å². The largest absolute Gasteiger partial charge is 0.496 e. The molecule has 8 rings (SSSR count). The number of amides is 3. The number of rotatable bonds is 6. The Balaban J connectivity index is 1.32. The van der Waals surface area contributed by atoms with Crippen LogP contribution in [0.4, 0.5) is 13.2 Å². The number of carbonyl (C=O) groups is 3. The van der Waals surface area contributed by atoms with Crippen molar-refractivity contribution in [2.45, 2.75) is 30.4 Å². The predicted octanol–water partition coefficient (Wildman–Crippen LogP) is 6.51. The van der Waals surface area contributed by atoms with Crippen LogP contribution < -0.4 is 15.6 Å². The monoisotopic (exact) mass is 665 g/mol. The van der Waals surface area contributed by atoms with E-state index in [9.17, 15) is 27.6 Å². The fourth-order valence-corrected chi connectivity index (χ4v) is 8.56. The molecule has 1 saturated heterocycles. The lowest BCUT2D eigenvalue weighted by Gasteiger charge is -2.60. The van der Waals surface area contributed by atoms with Crippen LogP contribution >= 0.6 is 0 Å². The van der Waals surface area contributed by atoms with Crippen molar-refractivity contribution in [3.63, 3.8) is 0 Å². The van der Waals surface area contributed by atoms with Crippen LogP contribution in [0.3, 0.4) is 0 Å². The summed E-state index contributed by atoms with van der Waals surface area (Å²) in [6, 6.07) is 28.7. The van der Waals surface area contributed by atoms with Gasteiger partial charge in [0, 0.05) is 47.5 Å². The highest BCUT2D eigenvalue weighted by molar-refractivity contribution is 5.97. The summed E-state index contributed by atoms with van der Waals surface area (Å²) >= 11 is 0. The van der Waals surface area contributed by atoms with Crippen LogP contribution in [0, 0.1) is 11.3 Å². The van der Waals surface area contributed by atoms with Crippen LogP contribution in [0.15, 0.2) is 109 Å². The lowest BCUT2D eigenvalue weighted by atomic mass is 9.42. The van der Waals surface area contributed by atoms with Gasteiger partial charge in [-0.15, -0.1) is 0 Å². The lowest BCUT2D eigenvalue weighted by molar-refractivity contribution is -0.140. The molecular formula is C39H34F3N3O4. The molecule has 4 aromatic carbocycles. The van der Waals surface area contributed by atoms with E-state index in [0.717, 1.165) is 23.3 Å². The number of halogens is 3. The quantitative estimate of drug-likeness (QED) is 0.182. The molecule has 2 N–H and O–H groups in total. The lowest BCUT2D eigenvalue weighted by Crippen LogP contribution is -2.64. The normalized spacial score (nSPS) is 23.9. The van der Waals surface area contributed by atoms with Crippen LogP contribution in [-0.2, 0) is 21.2 Å². The number of nitrogens with one attached hydrogen (secondary N) is 2. The first kappa shape index (κ1) is 32.2. The molecule has 4 aromatic rings. The number of fused-ring (bicyclic) bond motifs is 1. The molecule has 4 atom stereocenters. The maximum Gasteiger partial charge on any atom is 0.416 e. The fourth-order valence-electron chi connectivity index (χ4n) is 8.56. The highest BCUT2D eigenvalue weighted by Crippen LogP contribution is 2.69. The molecule has 0 aromatic heterocycles. The molecule has 49 heavy (non-hydrogen) atoms. The second-order valence-electron chi connectivity index (χ2n) is 12.9. The van der Waals surface area contributed by atoms with E-state index >= 15 is 0 Å². The van der Waals surface area contributed by atoms with Crippen LogP contribution in [0.25, 0.3) is 6.08 Å². The van der Waals surface area contributed by atoms with E-state index in [1.807, 2.05) is 42.5 Å². The van der Waals surface area contributed by atoms with E-state index in [1.165, 1.54) is 18.2 Å². The highest BCUT2D eigenvalue weighted by atomic mass is 19.4. The Hall–Kier alpha value is -5.38. The second kappa shape index (κ2) is 12.3. The molecule has 0 unspecified atom stereocenters. The van der Waals surface area contributed by atoms with Crippen LogP contribution in [-0.4, -0.2) is 42.8 Å². The summed E-state index contributed by atoms with van der Waals surface area (Å²) in [5, 5.41) is 0. The minimum absolute atomic E-state index is 0.0567. The summed E-state index contributed by atoms with van der Waals surface area (Å²) in [6.45, 7) is 0.238. The number of para-hydroxylation sites is 1. The maximum atomic E-state index is 14.7. The smallest absolute Gasteiger partial charge is 0.416 e.